The summed E-state index contributed by atoms with van der Waals surface area (Å²) in [5.41, 5.74) is 0.540. The van der Waals surface area contributed by atoms with Gasteiger partial charge in [-0.25, -0.2) is 0 Å². The SMILES string of the molecule is OCc1c(Cl)c(Cl)c(Cl)c(CO)c1Cl. The van der Waals surface area contributed by atoms with Gasteiger partial charge >= 0.3 is 0 Å². The van der Waals surface area contributed by atoms with Gasteiger partial charge in [0.15, 0.2) is 0 Å². The monoisotopic (exact) mass is 274 g/mol. The molecule has 0 spiro atoms. The molecular formula is C8H6Cl4O2. The first kappa shape index (κ1) is 12.4. The van der Waals surface area contributed by atoms with Gasteiger partial charge < -0.3 is 10.2 Å². The Morgan fingerprint density at radius 2 is 1.00 bits per heavy atom. The molecule has 0 aromatic heterocycles. The zero-order valence-electron chi connectivity index (χ0n) is 6.82. The van der Waals surface area contributed by atoms with Crippen LogP contribution in [0.2, 0.25) is 20.1 Å². The molecule has 0 heterocycles. The Hall–Kier alpha value is 0.300. The summed E-state index contributed by atoms with van der Waals surface area (Å²) in [6.45, 7) is -0.719. The molecule has 0 bridgehead atoms. The first-order chi connectivity index (χ1) is 6.54. The summed E-state index contributed by atoms with van der Waals surface area (Å²) in [6.07, 6.45) is 0. The summed E-state index contributed by atoms with van der Waals surface area (Å²) in [6, 6.07) is 0. The molecular weight excluding hydrogens is 270 g/mol. The van der Waals surface area contributed by atoms with E-state index in [4.69, 9.17) is 56.6 Å². The van der Waals surface area contributed by atoms with Crippen LogP contribution in [0.1, 0.15) is 11.1 Å². The van der Waals surface area contributed by atoms with E-state index in [-0.39, 0.29) is 44.4 Å². The van der Waals surface area contributed by atoms with E-state index in [0.29, 0.717) is 0 Å². The van der Waals surface area contributed by atoms with E-state index < -0.39 is 0 Å². The van der Waals surface area contributed by atoms with Gasteiger partial charge in [-0.2, -0.15) is 0 Å². The quantitative estimate of drug-likeness (QED) is 0.642. The molecule has 0 fully saturated rings. The first-order valence-electron chi connectivity index (χ1n) is 3.60. The van der Waals surface area contributed by atoms with Crippen LogP contribution in [0.5, 0.6) is 0 Å². The summed E-state index contributed by atoms with van der Waals surface area (Å²) >= 11 is 23.2. The number of rotatable bonds is 2. The predicted molar refractivity (Wildman–Crippen MR) is 58.3 cm³/mol. The van der Waals surface area contributed by atoms with E-state index in [1.54, 1.807) is 0 Å². The Balaban J connectivity index is 3.56. The lowest BCUT2D eigenvalue weighted by Gasteiger charge is -2.12. The van der Waals surface area contributed by atoms with Crippen molar-refractivity contribution in [3.63, 3.8) is 0 Å². The highest BCUT2D eigenvalue weighted by atomic mass is 35.5. The van der Waals surface area contributed by atoms with Crippen LogP contribution in [-0.4, -0.2) is 10.2 Å². The summed E-state index contributed by atoms with van der Waals surface area (Å²) in [4.78, 5) is 0. The number of halogens is 4. The molecule has 1 aromatic carbocycles. The van der Waals surface area contributed by atoms with Crippen LogP contribution in [0.3, 0.4) is 0 Å². The zero-order valence-corrected chi connectivity index (χ0v) is 9.84. The van der Waals surface area contributed by atoms with Crippen molar-refractivity contribution < 1.29 is 10.2 Å². The summed E-state index contributed by atoms with van der Waals surface area (Å²) in [5, 5.41) is 18.4. The molecule has 0 unspecified atom stereocenters. The second-order valence-electron chi connectivity index (χ2n) is 2.53. The second kappa shape index (κ2) is 4.88. The number of hydrogen-bond donors (Lipinski definition) is 2. The highest BCUT2D eigenvalue weighted by Crippen LogP contribution is 2.41. The molecule has 6 heteroatoms. The molecule has 0 saturated carbocycles. The third-order valence-corrected chi connectivity index (χ3v) is 3.62. The van der Waals surface area contributed by atoms with Gasteiger partial charge in [0.1, 0.15) is 0 Å². The maximum atomic E-state index is 8.98. The third kappa shape index (κ3) is 1.96. The first-order valence-corrected chi connectivity index (χ1v) is 5.11. The minimum atomic E-state index is -0.360. The van der Waals surface area contributed by atoms with Crippen molar-refractivity contribution in [3.8, 4) is 0 Å². The van der Waals surface area contributed by atoms with Gasteiger partial charge in [-0.05, 0) is 0 Å². The van der Waals surface area contributed by atoms with Gasteiger partial charge in [0.2, 0.25) is 0 Å². The lowest BCUT2D eigenvalue weighted by molar-refractivity contribution is 0.275. The molecule has 78 valence electrons. The number of aliphatic hydroxyl groups excluding tert-OH is 2. The molecule has 0 aliphatic rings. The highest BCUT2D eigenvalue weighted by Gasteiger charge is 2.18. The lowest BCUT2D eigenvalue weighted by atomic mass is 10.1. The van der Waals surface area contributed by atoms with Crippen molar-refractivity contribution in [2.45, 2.75) is 13.2 Å². The van der Waals surface area contributed by atoms with E-state index in [1.807, 2.05) is 0 Å². The highest BCUT2D eigenvalue weighted by molar-refractivity contribution is 6.50. The fourth-order valence-electron chi connectivity index (χ4n) is 1.01. The minimum absolute atomic E-state index is 0.0887. The van der Waals surface area contributed by atoms with Crippen LogP contribution in [-0.2, 0) is 13.2 Å². The smallest absolute Gasteiger partial charge is 0.0786 e. The molecule has 14 heavy (non-hydrogen) atoms. The fourth-order valence-corrected chi connectivity index (χ4v) is 2.19. The van der Waals surface area contributed by atoms with Gasteiger partial charge in [-0.15, -0.1) is 0 Å². The molecule has 0 radical (unpaired) electrons. The molecule has 0 saturated heterocycles. The van der Waals surface area contributed by atoms with Crippen molar-refractivity contribution >= 4 is 46.4 Å². The molecule has 1 aromatic rings. The molecule has 2 nitrogen and oxygen atoms in total. The van der Waals surface area contributed by atoms with Crippen LogP contribution < -0.4 is 0 Å². The average Bonchev–Trinajstić information content (AvgIpc) is 2.16. The predicted octanol–water partition coefficient (Wildman–Crippen LogP) is 3.28. The van der Waals surface area contributed by atoms with E-state index >= 15 is 0 Å². The Morgan fingerprint density at radius 1 is 0.643 bits per heavy atom. The van der Waals surface area contributed by atoms with Crippen LogP contribution in [0.4, 0.5) is 0 Å². The summed E-state index contributed by atoms with van der Waals surface area (Å²) in [7, 11) is 0. The van der Waals surface area contributed by atoms with Gasteiger partial charge in [0.05, 0.1) is 33.3 Å². The van der Waals surface area contributed by atoms with Crippen molar-refractivity contribution in [2.75, 3.05) is 0 Å². The summed E-state index contributed by atoms with van der Waals surface area (Å²) in [5.74, 6) is 0. The van der Waals surface area contributed by atoms with E-state index in [2.05, 4.69) is 0 Å². The van der Waals surface area contributed by atoms with Crippen molar-refractivity contribution in [1.82, 2.24) is 0 Å². The number of aliphatic hydroxyl groups is 2. The van der Waals surface area contributed by atoms with Crippen molar-refractivity contribution in [1.29, 1.82) is 0 Å². The van der Waals surface area contributed by atoms with Crippen molar-refractivity contribution in [3.05, 3.63) is 31.2 Å². The van der Waals surface area contributed by atoms with Crippen LogP contribution >= 0.6 is 46.4 Å². The average molecular weight is 276 g/mol. The fraction of sp³-hybridized carbons (Fsp3) is 0.250. The molecule has 2 N–H and O–H groups in total. The van der Waals surface area contributed by atoms with Gasteiger partial charge in [0, 0.05) is 11.1 Å². The van der Waals surface area contributed by atoms with Gasteiger partial charge in [-0.1, -0.05) is 46.4 Å². The topological polar surface area (TPSA) is 40.5 Å². The third-order valence-electron chi connectivity index (χ3n) is 1.76. The molecule has 0 amide bonds. The summed E-state index contributed by atoms with van der Waals surface area (Å²) < 4.78 is 0. The van der Waals surface area contributed by atoms with Crippen LogP contribution in [0.15, 0.2) is 0 Å². The molecule has 0 aliphatic carbocycles. The van der Waals surface area contributed by atoms with E-state index in [0.717, 1.165) is 0 Å². The van der Waals surface area contributed by atoms with Crippen molar-refractivity contribution in [2.24, 2.45) is 0 Å². The van der Waals surface area contributed by atoms with E-state index in [1.165, 1.54) is 0 Å². The largest absolute Gasteiger partial charge is 0.392 e. The molecule has 1 rings (SSSR count). The molecule has 0 aliphatic heterocycles. The zero-order chi connectivity index (χ0) is 10.9. The standard InChI is InChI=1S/C8H6Cl4O2/c9-5-3(1-13)6(10)8(12)7(11)4(5)2-14/h13-14H,1-2H2. The Bertz CT molecular complexity index is 334. The number of benzene rings is 1. The van der Waals surface area contributed by atoms with Gasteiger partial charge in [-0.3, -0.25) is 0 Å². The maximum Gasteiger partial charge on any atom is 0.0786 e. The normalized spacial score (nSPS) is 10.7. The Labute approximate surface area is 101 Å². The Morgan fingerprint density at radius 3 is 1.29 bits per heavy atom. The lowest BCUT2D eigenvalue weighted by Crippen LogP contribution is -1.96. The molecule has 0 atom stereocenters. The number of hydrogen-bond acceptors (Lipinski definition) is 2. The van der Waals surface area contributed by atoms with Gasteiger partial charge in [0.25, 0.3) is 0 Å². The van der Waals surface area contributed by atoms with Crippen LogP contribution in [0, 0.1) is 0 Å². The maximum absolute atomic E-state index is 8.98. The minimum Gasteiger partial charge on any atom is -0.392 e. The second-order valence-corrected chi connectivity index (χ2v) is 4.04. The van der Waals surface area contributed by atoms with E-state index in [9.17, 15) is 0 Å². The van der Waals surface area contributed by atoms with Crippen LogP contribution in [0.25, 0.3) is 0 Å². The Kier molecular flexibility index (Phi) is 4.31.